The van der Waals surface area contributed by atoms with E-state index in [4.69, 9.17) is 0 Å². The zero-order valence-corrected chi connectivity index (χ0v) is 8.29. The Morgan fingerprint density at radius 1 is 1.24 bits per heavy atom. The van der Waals surface area contributed by atoms with Gasteiger partial charge in [-0.15, -0.1) is 0 Å². The van der Waals surface area contributed by atoms with Crippen LogP contribution in [-0.4, -0.2) is 24.5 Å². The summed E-state index contributed by atoms with van der Waals surface area (Å²) in [6, 6.07) is 4.82. The molecule has 7 heteroatoms. The molecular weight excluding hydrogens is 242 g/mol. The Kier molecular flexibility index (Phi) is 3.82. The number of anilines is 1. The molecule has 0 radical (unpaired) electrons. The van der Waals surface area contributed by atoms with Crippen molar-refractivity contribution in [3.63, 3.8) is 0 Å². The lowest BCUT2D eigenvalue weighted by atomic mass is 10.2. The molecule has 0 aliphatic heterocycles. The number of alkyl halides is 4. The largest absolute Gasteiger partial charge is 0.383 e. The van der Waals surface area contributed by atoms with Crippen LogP contribution in [-0.2, 0) is 4.79 Å². The maximum Gasteiger partial charge on any atom is 0.383 e. The topological polar surface area (TPSA) is 46.2 Å². The van der Waals surface area contributed by atoms with Gasteiger partial charge in [0, 0.05) is 11.3 Å². The van der Waals surface area contributed by atoms with Gasteiger partial charge in [-0.25, -0.2) is 8.78 Å². The number of benzene rings is 1. The van der Waals surface area contributed by atoms with Gasteiger partial charge in [0.05, 0.1) is 0 Å². The van der Waals surface area contributed by atoms with Gasteiger partial charge < -0.3 is 5.32 Å². The highest BCUT2D eigenvalue weighted by Gasteiger charge is 2.48. The lowest BCUT2D eigenvalue weighted by Gasteiger charge is -2.14. The Morgan fingerprint density at radius 2 is 1.76 bits per heavy atom. The molecule has 0 unspecified atom stereocenters. The van der Waals surface area contributed by atoms with Gasteiger partial charge in [0.2, 0.25) is 0 Å². The minimum absolute atomic E-state index is 0.0964. The SMILES string of the molecule is O=Cc1ccc(NC(=O)C(F)(F)C(F)F)cc1. The lowest BCUT2D eigenvalue weighted by Crippen LogP contribution is -2.40. The van der Waals surface area contributed by atoms with Crippen LogP contribution < -0.4 is 5.32 Å². The van der Waals surface area contributed by atoms with Crippen molar-refractivity contribution in [2.45, 2.75) is 12.3 Å². The van der Waals surface area contributed by atoms with Crippen LogP contribution in [0, 0.1) is 0 Å². The molecule has 0 aliphatic rings. The fourth-order valence-electron chi connectivity index (χ4n) is 0.959. The molecule has 3 nitrogen and oxygen atoms in total. The molecule has 0 spiro atoms. The van der Waals surface area contributed by atoms with Crippen LogP contribution >= 0.6 is 0 Å². The van der Waals surface area contributed by atoms with Gasteiger partial charge in [-0.2, -0.15) is 8.78 Å². The second kappa shape index (κ2) is 4.94. The molecule has 0 bridgehead atoms. The van der Waals surface area contributed by atoms with Crippen molar-refractivity contribution in [2.75, 3.05) is 5.32 Å². The molecule has 1 amide bonds. The summed E-state index contributed by atoms with van der Waals surface area (Å²) in [4.78, 5) is 21.1. The molecule has 17 heavy (non-hydrogen) atoms. The second-order valence-corrected chi connectivity index (χ2v) is 3.12. The first-order valence-electron chi connectivity index (χ1n) is 4.40. The Hall–Kier alpha value is -1.92. The maximum absolute atomic E-state index is 12.6. The van der Waals surface area contributed by atoms with Crippen molar-refractivity contribution in [3.05, 3.63) is 29.8 Å². The van der Waals surface area contributed by atoms with E-state index in [-0.39, 0.29) is 11.3 Å². The van der Waals surface area contributed by atoms with E-state index in [9.17, 15) is 27.2 Å². The number of aldehydes is 1. The monoisotopic (exact) mass is 249 g/mol. The van der Waals surface area contributed by atoms with Crippen LogP contribution in [0.4, 0.5) is 23.2 Å². The Morgan fingerprint density at radius 3 is 2.18 bits per heavy atom. The molecule has 1 aromatic carbocycles. The second-order valence-electron chi connectivity index (χ2n) is 3.12. The summed E-state index contributed by atoms with van der Waals surface area (Å²) in [5, 5.41) is 1.63. The third-order valence-corrected chi connectivity index (χ3v) is 1.88. The molecular formula is C10H7F4NO2. The van der Waals surface area contributed by atoms with Crippen molar-refractivity contribution >= 4 is 17.9 Å². The zero-order valence-electron chi connectivity index (χ0n) is 8.29. The number of hydrogen-bond donors (Lipinski definition) is 1. The van der Waals surface area contributed by atoms with E-state index in [0.29, 0.717) is 6.29 Å². The van der Waals surface area contributed by atoms with Crippen LogP contribution in [0.25, 0.3) is 0 Å². The fraction of sp³-hybridized carbons (Fsp3) is 0.200. The van der Waals surface area contributed by atoms with Crippen LogP contribution in [0.15, 0.2) is 24.3 Å². The van der Waals surface area contributed by atoms with E-state index < -0.39 is 18.3 Å². The zero-order chi connectivity index (χ0) is 13.1. The molecule has 0 heterocycles. The van der Waals surface area contributed by atoms with Crippen molar-refractivity contribution < 1.29 is 27.2 Å². The first kappa shape index (κ1) is 13.1. The third kappa shape index (κ3) is 3.02. The van der Waals surface area contributed by atoms with Gasteiger partial charge >= 0.3 is 18.3 Å². The lowest BCUT2D eigenvalue weighted by molar-refractivity contribution is -0.163. The summed E-state index contributed by atoms with van der Waals surface area (Å²) in [6.07, 6.45) is -3.56. The van der Waals surface area contributed by atoms with Crippen LogP contribution in [0.5, 0.6) is 0 Å². The normalized spacial score (nSPS) is 11.4. The van der Waals surface area contributed by atoms with Gasteiger partial charge in [0.1, 0.15) is 6.29 Å². The molecule has 92 valence electrons. The summed E-state index contributed by atoms with van der Waals surface area (Å²) in [5.41, 5.74) is 0.171. The minimum Gasteiger partial charge on any atom is -0.321 e. The number of amides is 1. The first-order valence-corrected chi connectivity index (χ1v) is 4.40. The molecule has 0 saturated heterocycles. The smallest absolute Gasteiger partial charge is 0.321 e. The van der Waals surface area contributed by atoms with E-state index in [1.807, 2.05) is 0 Å². The van der Waals surface area contributed by atoms with E-state index >= 15 is 0 Å². The quantitative estimate of drug-likeness (QED) is 0.657. The average molecular weight is 249 g/mol. The number of carbonyl (C=O) groups is 2. The average Bonchev–Trinajstić information content (AvgIpc) is 2.29. The summed E-state index contributed by atoms with van der Waals surface area (Å²) in [7, 11) is 0. The Balaban J connectivity index is 2.77. The van der Waals surface area contributed by atoms with Gasteiger partial charge in [-0.05, 0) is 24.3 Å². The van der Waals surface area contributed by atoms with Crippen LogP contribution in [0.1, 0.15) is 10.4 Å². The highest BCUT2D eigenvalue weighted by Crippen LogP contribution is 2.24. The number of hydrogen-bond acceptors (Lipinski definition) is 2. The molecule has 0 aromatic heterocycles. The van der Waals surface area contributed by atoms with E-state index in [1.54, 1.807) is 5.32 Å². The van der Waals surface area contributed by atoms with E-state index in [2.05, 4.69) is 0 Å². The summed E-state index contributed by atoms with van der Waals surface area (Å²) < 4.78 is 48.8. The molecule has 1 aromatic rings. The molecule has 1 rings (SSSR count). The third-order valence-electron chi connectivity index (χ3n) is 1.88. The van der Waals surface area contributed by atoms with Crippen LogP contribution in [0.2, 0.25) is 0 Å². The Labute approximate surface area is 93.4 Å². The summed E-state index contributed by atoms with van der Waals surface area (Å²) >= 11 is 0. The number of halogens is 4. The van der Waals surface area contributed by atoms with Crippen LogP contribution in [0.3, 0.4) is 0 Å². The molecule has 0 aliphatic carbocycles. The van der Waals surface area contributed by atoms with Crippen molar-refractivity contribution in [1.29, 1.82) is 0 Å². The highest BCUT2D eigenvalue weighted by molar-refractivity contribution is 5.96. The van der Waals surface area contributed by atoms with Gasteiger partial charge in [-0.3, -0.25) is 9.59 Å². The number of carbonyl (C=O) groups excluding carboxylic acids is 2. The van der Waals surface area contributed by atoms with Gasteiger partial charge in [0.25, 0.3) is 0 Å². The highest BCUT2D eigenvalue weighted by atomic mass is 19.3. The predicted octanol–water partition coefficient (Wildman–Crippen LogP) is 2.34. The van der Waals surface area contributed by atoms with Gasteiger partial charge in [-0.1, -0.05) is 0 Å². The molecule has 1 N–H and O–H groups in total. The van der Waals surface area contributed by atoms with Gasteiger partial charge in [0.15, 0.2) is 0 Å². The maximum atomic E-state index is 12.6. The van der Waals surface area contributed by atoms with Crippen molar-refractivity contribution in [1.82, 2.24) is 0 Å². The van der Waals surface area contributed by atoms with E-state index in [1.165, 1.54) is 12.1 Å². The minimum atomic E-state index is -4.75. The van der Waals surface area contributed by atoms with E-state index in [0.717, 1.165) is 12.1 Å². The van der Waals surface area contributed by atoms with Crippen molar-refractivity contribution in [3.8, 4) is 0 Å². The first-order chi connectivity index (χ1) is 7.87. The molecule has 0 saturated carbocycles. The fourth-order valence-corrected chi connectivity index (χ4v) is 0.959. The Bertz CT molecular complexity index is 417. The molecule has 0 atom stereocenters. The number of nitrogens with one attached hydrogen (secondary N) is 1. The summed E-state index contributed by atoms with van der Waals surface area (Å²) in [6.45, 7) is 0. The summed E-state index contributed by atoms with van der Waals surface area (Å²) in [5.74, 6) is -6.84. The van der Waals surface area contributed by atoms with Crippen molar-refractivity contribution in [2.24, 2.45) is 0 Å². The predicted molar refractivity (Wildman–Crippen MR) is 51.4 cm³/mol. The molecule has 0 fully saturated rings. The standard InChI is InChI=1S/C10H7F4NO2/c11-8(12)10(13,14)9(17)15-7-3-1-6(5-16)2-4-7/h1-5,8H,(H,15,17). The number of rotatable bonds is 4.